The highest BCUT2D eigenvalue weighted by molar-refractivity contribution is 5.97. The molecule has 0 bridgehead atoms. The van der Waals surface area contributed by atoms with E-state index in [1.54, 1.807) is 11.0 Å². The summed E-state index contributed by atoms with van der Waals surface area (Å²) in [5.74, 6) is 1.74. The smallest absolute Gasteiger partial charge is 0.257 e. The van der Waals surface area contributed by atoms with E-state index in [-0.39, 0.29) is 5.91 Å². The number of β-amino-alcohol motifs (C(OH)–C–C–N with tert-alkyl or cyclic N) is 1. The first-order chi connectivity index (χ1) is 16.5. The van der Waals surface area contributed by atoms with Gasteiger partial charge >= 0.3 is 0 Å². The van der Waals surface area contributed by atoms with E-state index in [0.717, 1.165) is 44.8 Å². The number of aliphatic hydroxyl groups is 1. The zero-order chi connectivity index (χ0) is 23.5. The molecule has 1 saturated heterocycles. The molecule has 2 aromatic carbocycles. The number of aliphatic hydroxyl groups excluding tert-OH is 1. The van der Waals surface area contributed by atoms with E-state index >= 15 is 0 Å². The van der Waals surface area contributed by atoms with Gasteiger partial charge in [-0.15, -0.1) is 0 Å². The summed E-state index contributed by atoms with van der Waals surface area (Å²) in [6.07, 6.45) is 1.54. The summed E-state index contributed by atoms with van der Waals surface area (Å²) in [7, 11) is 2.14. The second-order valence-electron chi connectivity index (χ2n) is 9.89. The normalized spacial score (nSPS) is 22.0. The third kappa shape index (κ3) is 5.37. The standard InChI is InChI=1S/C27H35N3O4/c1-28-10-8-20(15-28)19-34-24-6-7-25-26(14-24)33-13-12-30(27(25)32)18-23(31)17-29-11-9-21-4-2-3-5-22(21)16-29/h2-7,14,20,23,31H,8-13,15-19H2,1H3/t20?,23-/m1/s1. The van der Waals surface area contributed by atoms with Gasteiger partial charge in [0, 0.05) is 44.7 Å². The van der Waals surface area contributed by atoms with Gasteiger partial charge < -0.3 is 24.4 Å². The minimum Gasteiger partial charge on any atom is -0.493 e. The summed E-state index contributed by atoms with van der Waals surface area (Å²) >= 11 is 0. The second-order valence-corrected chi connectivity index (χ2v) is 9.89. The van der Waals surface area contributed by atoms with Crippen LogP contribution in [-0.2, 0) is 13.0 Å². The molecule has 0 saturated carbocycles. The van der Waals surface area contributed by atoms with E-state index < -0.39 is 6.10 Å². The number of carbonyl (C=O) groups excluding carboxylic acids is 1. The van der Waals surface area contributed by atoms with Crippen LogP contribution in [-0.4, -0.2) is 91.3 Å². The first-order valence-corrected chi connectivity index (χ1v) is 12.4. The van der Waals surface area contributed by atoms with Crippen molar-refractivity contribution >= 4 is 5.91 Å². The van der Waals surface area contributed by atoms with Gasteiger partial charge in [0.15, 0.2) is 0 Å². The summed E-state index contributed by atoms with van der Waals surface area (Å²) in [5, 5.41) is 10.8. The number of nitrogens with zero attached hydrogens (tertiary/aromatic N) is 3. The molecule has 2 atom stereocenters. The molecule has 3 heterocycles. The number of benzene rings is 2. The lowest BCUT2D eigenvalue weighted by molar-refractivity contribution is 0.0501. The molecule has 1 N–H and O–H groups in total. The Bertz CT molecular complexity index is 1010. The zero-order valence-electron chi connectivity index (χ0n) is 20.0. The number of rotatable bonds is 7. The number of likely N-dealkylation sites (tertiary alicyclic amines) is 1. The quantitative estimate of drug-likeness (QED) is 0.677. The Morgan fingerprint density at radius 2 is 1.97 bits per heavy atom. The lowest BCUT2D eigenvalue weighted by atomic mass is 10.00. The molecule has 182 valence electrons. The Kier molecular flexibility index (Phi) is 7.04. The minimum atomic E-state index is -0.608. The molecule has 7 nitrogen and oxygen atoms in total. The molecule has 7 heteroatoms. The van der Waals surface area contributed by atoms with Crippen molar-refractivity contribution in [3.05, 3.63) is 59.2 Å². The molecule has 3 aliphatic rings. The molecule has 1 fully saturated rings. The molecule has 0 radical (unpaired) electrons. The second kappa shape index (κ2) is 10.3. The highest BCUT2D eigenvalue weighted by Gasteiger charge is 2.27. The number of hydrogen-bond donors (Lipinski definition) is 1. The molecule has 1 amide bonds. The van der Waals surface area contributed by atoms with Gasteiger partial charge in [0.25, 0.3) is 5.91 Å². The summed E-state index contributed by atoms with van der Waals surface area (Å²) in [5.41, 5.74) is 3.25. The predicted octanol–water partition coefficient (Wildman–Crippen LogP) is 2.27. The largest absolute Gasteiger partial charge is 0.493 e. The van der Waals surface area contributed by atoms with Crippen LogP contribution in [0.3, 0.4) is 0 Å². The Morgan fingerprint density at radius 3 is 2.79 bits per heavy atom. The van der Waals surface area contributed by atoms with Crippen molar-refractivity contribution in [2.45, 2.75) is 25.5 Å². The Balaban J connectivity index is 1.17. The van der Waals surface area contributed by atoms with E-state index in [1.165, 1.54) is 11.1 Å². The zero-order valence-corrected chi connectivity index (χ0v) is 20.0. The van der Waals surface area contributed by atoms with Gasteiger partial charge in [0.1, 0.15) is 18.1 Å². The maximum Gasteiger partial charge on any atom is 0.257 e. The monoisotopic (exact) mass is 465 g/mol. The number of fused-ring (bicyclic) bond motifs is 2. The maximum atomic E-state index is 13.2. The lowest BCUT2D eigenvalue weighted by Crippen LogP contribution is -2.44. The highest BCUT2D eigenvalue weighted by Crippen LogP contribution is 2.29. The van der Waals surface area contributed by atoms with Crippen LogP contribution in [0, 0.1) is 5.92 Å². The average molecular weight is 466 g/mol. The first-order valence-electron chi connectivity index (χ1n) is 12.4. The van der Waals surface area contributed by atoms with E-state index in [2.05, 4.69) is 41.1 Å². The van der Waals surface area contributed by atoms with Crippen LogP contribution in [0.2, 0.25) is 0 Å². The minimum absolute atomic E-state index is 0.0977. The van der Waals surface area contributed by atoms with Crippen LogP contribution < -0.4 is 9.47 Å². The molecule has 0 spiro atoms. The molecule has 3 aliphatic heterocycles. The van der Waals surface area contributed by atoms with E-state index in [9.17, 15) is 9.90 Å². The van der Waals surface area contributed by atoms with Crippen molar-refractivity contribution in [2.75, 3.05) is 59.5 Å². The predicted molar refractivity (Wildman–Crippen MR) is 130 cm³/mol. The van der Waals surface area contributed by atoms with Gasteiger partial charge in [-0.3, -0.25) is 9.69 Å². The van der Waals surface area contributed by atoms with Gasteiger partial charge in [0.05, 0.1) is 24.8 Å². The molecular formula is C27H35N3O4. The molecule has 5 rings (SSSR count). The number of hydrogen-bond acceptors (Lipinski definition) is 6. The van der Waals surface area contributed by atoms with Crippen molar-refractivity contribution in [1.29, 1.82) is 0 Å². The average Bonchev–Trinajstić information content (AvgIpc) is 3.20. The fourth-order valence-corrected chi connectivity index (χ4v) is 5.30. The topological polar surface area (TPSA) is 65.5 Å². The molecule has 2 aromatic rings. The van der Waals surface area contributed by atoms with Gasteiger partial charge in [-0.2, -0.15) is 0 Å². The van der Waals surface area contributed by atoms with Crippen molar-refractivity contribution in [3.63, 3.8) is 0 Å². The van der Waals surface area contributed by atoms with Crippen molar-refractivity contribution < 1.29 is 19.4 Å². The molecule has 34 heavy (non-hydrogen) atoms. The molecule has 0 aliphatic carbocycles. The number of ether oxygens (including phenoxy) is 2. The van der Waals surface area contributed by atoms with E-state index in [0.29, 0.717) is 50.1 Å². The van der Waals surface area contributed by atoms with Crippen LogP contribution in [0.5, 0.6) is 11.5 Å². The summed E-state index contributed by atoms with van der Waals surface area (Å²) < 4.78 is 11.9. The van der Waals surface area contributed by atoms with Crippen LogP contribution >= 0.6 is 0 Å². The molecule has 0 aromatic heterocycles. The van der Waals surface area contributed by atoms with E-state index in [1.807, 2.05) is 12.1 Å². The molecular weight excluding hydrogens is 430 g/mol. The lowest BCUT2D eigenvalue weighted by Gasteiger charge is -2.32. The van der Waals surface area contributed by atoms with Crippen LogP contribution in [0.15, 0.2) is 42.5 Å². The fourth-order valence-electron chi connectivity index (χ4n) is 5.30. The Morgan fingerprint density at radius 1 is 1.12 bits per heavy atom. The van der Waals surface area contributed by atoms with Crippen molar-refractivity contribution in [1.82, 2.24) is 14.7 Å². The summed E-state index contributed by atoms with van der Waals surface area (Å²) in [6.45, 7) is 6.32. The van der Waals surface area contributed by atoms with Crippen molar-refractivity contribution in [3.8, 4) is 11.5 Å². The van der Waals surface area contributed by atoms with Crippen LogP contribution in [0.4, 0.5) is 0 Å². The number of amides is 1. The van der Waals surface area contributed by atoms with Crippen molar-refractivity contribution in [2.24, 2.45) is 5.92 Å². The van der Waals surface area contributed by atoms with Crippen LogP contribution in [0.25, 0.3) is 0 Å². The fraction of sp³-hybridized carbons (Fsp3) is 0.519. The van der Waals surface area contributed by atoms with Gasteiger partial charge in [0.2, 0.25) is 0 Å². The third-order valence-electron chi connectivity index (χ3n) is 7.17. The van der Waals surface area contributed by atoms with Gasteiger partial charge in [-0.05, 0) is 49.7 Å². The Hall–Kier alpha value is -2.61. The maximum absolute atomic E-state index is 13.2. The summed E-state index contributed by atoms with van der Waals surface area (Å²) in [6, 6.07) is 14.0. The highest BCUT2D eigenvalue weighted by atomic mass is 16.5. The summed E-state index contributed by atoms with van der Waals surface area (Å²) in [4.78, 5) is 19.5. The first kappa shape index (κ1) is 23.1. The SMILES string of the molecule is CN1CCC(COc2ccc3c(c2)OCCN(C[C@H](O)CN2CCc4ccccc4C2)C3=O)C1. The Labute approximate surface area is 201 Å². The van der Waals surface area contributed by atoms with E-state index in [4.69, 9.17) is 9.47 Å². The molecule has 1 unspecified atom stereocenters. The third-order valence-corrected chi connectivity index (χ3v) is 7.17. The van der Waals surface area contributed by atoms with Gasteiger partial charge in [-0.1, -0.05) is 24.3 Å². The van der Waals surface area contributed by atoms with Gasteiger partial charge in [-0.25, -0.2) is 0 Å². The van der Waals surface area contributed by atoms with Crippen LogP contribution in [0.1, 0.15) is 27.9 Å². The number of carbonyl (C=O) groups is 1.